The van der Waals surface area contributed by atoms with Gasteiger partial charge in [-0.1, -0.05) is 30.5 Å². The molecule has 0 bridgehead atoms. The molecule has 0 aliphatic heterocycles. The van der Waals surface area contributed by atoms with Gasteiger partial charge in [-0.2, -0.15) is 0 Å². The van der Waals surface area contributed by atoms with Crippen molar-refractivity contribution in [2.24, 2.45) is 0 Å². The number of carbonyl (C=O) groups excluding carboxylic acids is 1. The van der Waals surface area contributed by atoms with Crippen LogP contribution < -0.4 is 10.1 Å². The van der Waals surface area contributed by atoms with Gasteiger partial charge in [0.25, 0.3) is 0 Å². The van der Waals surface area contributed by atoms with Crippen molar-refractivity contribution >= 4 is 17.5 Å². The van der Waals surface area contributed by atoms with E-state index >= 15 is 0 Å². The van der Waals surface area contributed by atoms with Crippen LogP contribution in [0, 0.1) is 0 Å². The molecule has 0 unspecified atom stereocenters. The van der Waals surface area contributed by atoms with Gasteiger partial charge in [0.2, 0.25) is 5.91 Å². The van der Waals surface area contributed by atoms with E-state index < -0.39 is 6.10 Å². The number of aryl methyl sites for hydroxylation is 1. The summed E-state index contributed by atoms with van der Waals surface area (Å²) in [5, 5.41) is 13.3. The molecule has 2 atom stereocenters. The van der Waals surface area contributed by atoms with E-state index in [1.807, 2.05) is 12.1 Å². The summed E-state index contributed by atoms with van der Waals surface area (Å²) in [6.07, 6.45) is 4.36. The van der Waals surface area contributed by atoms with E-state index in [1.54, 1.807) is 13.2 Å². The molecule has 1 saturated carbocycles. The molecule has 0 saturated heterocycles. The minimum atomic E-state index is -0.405. The Morgan fingerprint density at radius 3 is 2.86 bits per heavy atom. The Morgan fingerprint density at radius 2 is 2.19 bits per heavy atom. The lowest BCUT2D eigenvalue weighted by atomic mass is 9.92. The summed E-state index contributed by atoms with van der Waals surface area (Å²) in [6, 6.07) is 5.45. The number of hydrogen-bond donors (Lipinski definition) is 2. The summed E-state index contributed by atoms with van der Waals surface area (Å²) in [5.74, 6) is 0.614. The zero-order valence-electron chi connectivity index (χ0n) is 12.3. The van der Waals surface area contributed by atoms with Crippen LogP contribution in [0.3, 0.4) is 0 Å². The summed E-state index contributed by atoms with van der Waals surface area (Å²) in [7, 11) is 1.57. The molecule has 0 spiro atoms. The van der Waals surface area contributed by atoms with E-state index in [-0.39, 0.29) is 11.9 Å². The number of methoxy groups -OCH3 is 1. The lowest BCUT2D eigenvalue weighted by Crippen LogP contribution is -2.45. The standard InChI is InChI=1S/C16H22ClNO3/c1-21-15-8-6-11(10-12(15)17)7-9-16(20)18-13-4-2-3-5-14(13)19/h6,8,10,13-14,19H,2-5,7,9H2,1H3,(H,18,20)/t13-,14-/m1/s1. The van der Waals surface area contributed by atoms with Crippen LogP contribution in [0.5, 0.6) is 5.75 Å². The molecule has 1 aliphatic rings. The molecule has 1 aliphatic carbocycles. The predicted octanol–water partition coefficient (Wildman–Crippen LogP) is 2.70. The normalized spacial score (nSPS) is 21.9. The quantitative estimate of drug-likeness (QED) is 0.879. The smallest absolute Gasteiger partial charge is 0.220 e. The van der Waals surface area contributed by atoms with Gasteiger partial charge in [-0.25, -0.2) is 0 Å². The molecule has 1 amide bonds. The Labute approximate surface area is 130 Å². The topological polar surface area (TPSA) is 58.6 Å². The lowest BCUT2D eigenvalue weighted by molar-refractivity contribution is -0.123. The van der Waals surface area contributed by atoms with Gasteiger partial charge in [-0.15, -0.1) is 0 Å². The van der Waals surface area contributed by atoms with Crippen molar-refractivity contribution in [3.63, 3.8) is 0 Å². The summed E-state index contributed by atoms with van der Waals surface area (Å²) in [5.41, 5.74) is 1.00. The largest absolute Gasteiger partial charge is 0.495 e. The first-order valence-electron chi connectivity index (χ1n) is 7.40. The van der Waals surface area contributed by atoms with Gasteiger partial charge in [-0.05, 0) is 37.0 Å². The fraction of sp³-hybridized carbons (Fsp3) is 0.562. The van der Waals surface area contributed by atoms with Crippen molar-refractivity contribution in [2.75, 3.05) is 7.11 Å². The second-order valence-electron chi connectivity index (χ2n) is 5.49. The van der Waals surface area contributed by atoms with Gasteiger partial charge in [0, 0.05) is 6.42 Å². The molecule has 4 nitrogen and oxygen atoms in total. The molecular weight excluding hydrogens is 290 g/mol. The lowest BCUT2D eigenvalue weighted by Gasteiger charge is -2.28. The number of halogens is 1. The van der Waals surface area contributed by atoms with Gasteiger partial charge < -0.3 is 15.2 Å². The second kappa shape index (κ2) is 7.66. The van der Waals surface area contributed by atoms with E-state index in [1.165, 1.54) is 0 Å². The maximum atomic E-state index is 12.0. The minimum Gasteiger partial charge on any atom is -0.495 e. The molecule has 0 heterocycles. The third-order valence-electron chi connectivity index (χ3n) is 3.93. The minimum absolute atomic E-state index is 0.0205. The molecule has 116 valence electrons. The van der Waals surface area contributed by atoms with Crippen LogP contribution in [-0.4, -0.2) is 30.3 Å². The van der Waals surface area contributed by atoms with Gasteiger partial charge in [0.1, 0.15) is 5.75 Å². The number of aliphatic hydroxyl groups excluding tert-OH is 1. The number of rotatable bonds is 5. The van der Waals surface area contributed by atoms with Gasteiger partial charge in [-0.3, -0.25) is 4.79 Å². The van der Waals surface area contributed by atoms with E-state index in [9.17, 15) is 9.90 Å². The first-order valence-corrected chi connectivity index (χ1v) is 7.78. The molecule has 0 aromatic heterocycles. The van der Waals surface area contributed by atoms with Crippen LogP contribution in [-0.2, 0) is 11.2 Å². The average molecular weight is 312 g/mol. The van der Waals surface area contributed by atoms with Crippen molar-refractivity contribution in [3.8, 4) is 5.75 Å². The van der Waals surface area contributed by atoms with Crippen molar-refractivity contribution in [1.82, 2.24) is 5.32 Å². The Morgan fingerprint density at radius 1 is 1.43 bits per heavy atom. The van der Waals surface area contributed by atoms with Crippen molar-refractivity contribution < 1.29 is 14.6 Å². The van der Waals surface area contributed by atoms with Crippen molar-refractivity contribution in [3.05, 3.63) is 28.8 Å². The van der Waals surface area contributed by atoms with Crippen LogP contribution in [0.25, 0.3) is 0 Å². The van der Waals surface area contributed by atoms with Crippen LogP contribution in [0.1, 0.15) is 37.7 Å². The zero-order valence-corrected chi connectivity index (χ0v) is 13.0. The molecule has 2 rings (SSSR count). The fourth-order valence-corrected chi connectivity index (χ4v) is 2.96. The van der Waals surface area contributed by atoms with E-state index in [0.717, 1.165) is 31.2 Å². The fourth-order valence-electron chi connectivity index (χ4n) is 2.68. The molecule has 0 radical (unpaired) electrons. The van der Waals surface area contributed by atoms with E-state index in [4.69, 9.17) is 16.3 Å². The number of carbonyl (C=O) groups is 1. The number of aliphatic hydroxyl groups is 1. The van der Waals surface area contributed by atoms with Gasteiger partial charge in [0.15, 0.2) is 0 Å². The highest BCUT2D eigenvalue weighted by atomic mass is 35.5. The third-order valence-corrected chi connectivity index (χ3v) is 4.23. The monoisotopic (exact) mass is 311 g/mol. The van der Waals surface area contributed by atoms with Crippen molar-refractivity contribution in [2.45, 2.75) is 50.7 Å². The van der Waals surface area contributed by atoms with Crippen LogP contribution in [0.15, 0.2) is 18.2 Å². The maximum absolute atomic E-state index is 12.0. The molecular formula is C16H22ClNO3. The highest BCUT2D eigenvalue weighted by Gasteiger charge is 2.24. The number of amides is 1. The van der Waals surface area contributed by atoms with Crippen LogP contribution >= 0.6 is 11.6 Å². The maximum Gasteiger partial charge on any atom is 0.220 e. The number of nitrogens with one attached hydrogen (secondary N) is 1. The highest BCUT2D eigenvalue weighted by Crippen LogP contribution is 2.25. The van der Waals surface area contributed by atoms with Crippen LogP contribution in [0.2, 0.25) is 5.02 Å². The number of benzene rings is 1. The molecule has 1 fully saturated rings. The second-order valence-corrected chi connectivity index (χ2v) is 5.90. The summed E-state index contributed by atoms with van der Waals surface area (Å²) < 4.78 is 5.10. The predicted molar refractivity (Wildman–Crippen MR) is 82.7 cm³/mol. The number of ether oxygens (including phenoxy) is 1. The highest BCUT2D eigenvalue weighted by molar-refractivity contribution is 6.32. The first kappa shape index (κ1) is 16.1. The molecule has 21 heavy (non-hydrogen) atoms. The summed E-state index contributed by atoms with van der Waals surface area (Å²) in [6.45, 7) is 0. The molecule has 2 N–H and O–H groups in total. The Kier molecular flexibility index (Phi) is 5.88. The molecule has 5 heteroatoms. The number of hydrogen-bond acceptors (Lipinski definition) is 3. The SMILES string of the molecule is COc1ccc(CCC(=O)N[C@@H]2CCCC[C@H]2O)cc1Cl. The average Bonchev–Trinajstić information content (AvgIpc) is 2.48. The first-order chi connectivity index (χ1) is 10.1. The third kappa shape index (κ3) is 4.61. The Balaban J connectivity index is 1.82. The summed E-state index contributed by atoms with van der Waals surface area (Å²) in [4.78, 5) is 12.0. The van der Waals surface area contributed by atoms with E-state index in [0.29, 0.717) is 23.6 Å². The van der Waals surface area contributed by atoms with Crippen LogP contribution in [0.4, 0.5) is 0 Å². The van der Waals surface area contributed by atoms with Gasteiger partial charge >= 0.3 is 0 Å². The molecule has 1 aromatic rings. The van der Waals surface area contributed by atoms with Gasteiger partial charge in [0.05, 0.1) is 24.3 Å². The zero-order chi connectivity index (χ0) is 15.2. The summed E-state index contributed by atoms with van der Waals surface area (Å²) >= 11 is 6.06. The molecule has 1 aromatic carbocycles. The Hall–Kier alpha value is -1.26. The van der Waals surface area contributed by atoms with E-state index in [2.05, 4.69) is 5.32 Å². The Bertz CT molecular complexity index is 492. The van der Waals surface area contributed by atoms with Crippen molar-refractivity contribution in [1.29, 1.82) is 0 Å².